The van der Waals surface area contributed by atoms with Crippen LogP contribution in [0.3, 0.4) is 0 Å². The SMILES string of the molecule is CCOc1ccc(CN2CCc3[nH]c(=S)ncc3C2)cc1OCC. The van der Waals surface area contributed by atoms with E-state index in [1.807, 2.05) is 26.1 Å². The second-order valence-electron chi connectivity index (χ2n) is 5.80. The number of ether oxygens (including phenoxy) is 2. The minimum absolute atomic E-state index is 0.565. The van der Waals surface area contributed by atoms with Crippen molar-refractivity contribution in [3.63, 3.8) is 0 Å². The molecule has 0 saturated carbocycles. The van der Waals surface area contributed by atoms with Gasteiger partial charge in [-0.1, -0.05) is 6.07 Å². The predicted octanol–water partition coefficient (Wildman–Crippen LogP) is 3.49. The molecule has 2 heterocycles. The Hall–Kier alpha value is -1.92. The van der Waals surface area contributed by atoms with Crippen molar-refractivity contribution >= 4 is 12.2 Å². The number of aromatic nitrogens is 2. The van der Waals surface area contributed by atoms with E-state index in [-0.39, 0.29) is 0 Å². The van der Waals surface area contributed by atoms with E-state index in [2.05, 4.69) is 27.0 Å². The first-order valence-electron chi connectivity index (χ1n) is 8.37. The molecule has 0 aliphatic carbocycles. The molecule has 0 fully saturated rings. The van der Waals surface area contributed by atoms with E-state index in [1.54, 1.807) is 0 Å². The molecule has 2 aromatic rings. The van der Waals surface area contributed by atoms with Crippen LogP contribution in [-0.4, -0.2) is 34.6 Å². The summed E-state index contributed by atoms with van der Waals surface area (Å²) < 4.78 is 11.9. The summed E-state index contributed by atoms with van der Waals surface area (Å²) in [6.45, 7) is 7.99. The van der Waals surface area contributed by atoms with Gasteiger partial charge in [0.25, 0.3) is 0 Å². The minimum Gasteiger partial charge on any atom is -0.490 e. The Morgan fingerprint density at radius 2 is 2.00 bits per heavy atom. The fraction of sp³-hybridized carbons (Fsp3) is 0.444. The van der Waals surface area contributed by atoms with E-state index in [0.29, 0.717) is 18.0 Å². The van der Waals surface area contributed by atoms with Crippen molar-refractivity contribution in [3.05, 3.63) is 46.0 Å². The quantitative estimate of drug-likeness (QED) is 0.812. The van der Waals surface area contributed by atoms with Gasteiger partial charge in [-0.05, 0) is 43.8 Å². The first kappa shape index (κ1) is 16.9. The number of nitrogens with zero attached hydrogens (tertiary/aromatic N) is 2. The van der Waals surface area contributed by atoms with Crippen LogP contribution < -0.4 is 9.47 Å². The lowest BCUT2D eigenvalue weighted by Crippen LogP contribution is -2.30. The second kappa shape index (κ2) is 7.77. The van der Waals surface area contributed by atoms with E-state index in [9.17, 15) is 0 Å². The van der Waals surface area contributed by atoms with Gasteiger partial charge in [0.15, 0.2) is 16.3 Å². The highest BCUT2D eigenvalue weighted by Gasteiger charge is 2.17. The molecule has 5 nitrogen and oxygen atoms in total. The molecule has 1 N–H and O–H groups in total. The third kappa shape index (κ3) is 3.94. The van der Waals surface area contributed by atoms with Crippen LogP contribution in [0.1, 0.15) is 30.7 Å². The summed E-state index contributed by atoms with van der Waals surface area (Å²) in [7, 11) is 0. The van der Waals surface area contributed by atoms with Crippen LogP contribution in [0.5, 0.6) is 11.5 Å². The molecule has 0 atom stereocenters. The summed E-state index contributed by atoms with van der Waals surface area (Å²) in [5, 5.41) is 0. The number of hydrogen-bond donors (Lipinski definition) is 1. The van der Waals surface area contributed by atoms with Gasteiger partial charge in [-0.25, -0.2) is 4.98 Å². The topological polar surface area (TPSA) is 50.4 Å². The molecule has 0 bridgehead atoms. The van der Waals surface area contributed by atoms with Crippen LogP contribution >= 0.6 is 12.2 Å². The van der Waals surface area contributed by atoms with Gasteiger partial charge < -0.3 is 14.5 Å². The molecule has 6 heteroatoms. The van der Waals surface area contributed by atoms with Gasteiger partial charge in [-0.3, -0.25) is 4.90 Å². The fourth-order valence-corrected chi connectivity index (χ4v) is 3.17. The van der Waals surface area contributed by atoms with Gasteiger partial charge >= 0.3 is 0 Å². The molecule has 1 aliphatic rings. The maximum absolute atomic E-state index is 5.72. The highest BCUT2D eigenvalue weighted by molar-refractivity contribution is 7.71. The number of aromatic amines is 1. The maximum atomic E-state index is 5.72. The van der Waals surface area contributed by atoms with Crippen LogP contribution in [0.25, 0.3) is 0 Å². The summed E-state index contributed by atoms with van der Waals surface area (Å²) >= 11 is 5.10. The van der Waals surface area contributed by atoms with E-state index < -0.39 is 0 Å². The summed E-state index contributed by atoms with van der Waals surface area (Å²) in [5.41, 5.74) is 3.67. The molecule has 128 valence electrons. The molecular formula is C18H23N3O2S. The van der Waals surface area contributed by atoms with Gasteiger partial charge in [-0.2, -0.15) is 0 Å². The fourth-order valence-electron chi connectivity index (χ4n) is 2.99. The van der Waals surface area contributed by atoms with Crippen molar-refractivity contribution in [1.29, 1.82) is 0 Å². The highest BCUT2D eigenvalue weighted by Crippen LogP contribution is 2.29. The molecule has 0 unspecified atom stereocenters. The third-order valence-electron chi connectivity index (χ3n) is 4.07. The smallest absolute Gasteiger partial charge is 0.196 e. The molecule has 1 aromatic carbocycles. The van der Waals surface area contributed by atoms with Crippen molar-refractivity contribution in [3.8, 4) is 11.5 Å². The Bertz CT molecular complexity index is 760. The summed E-state index contributed by atoms with van der Waals surface area (Å²) in [4.78, 5) is 9.81. The van der Waals surface area contributed by atoms with Crippen LogP contribution in [0.4, 0.5) is 0 Å². The third-order valence-corrected chi connectivity index (χ3v) is 4.28. The summed E-state index contributed by atoms with van der Waals surface area (Å²) in [6, 6.07) is 6.20. The molecular weight excluding hydrogens is 322 g/mol. The normalized spacial score (nSPS) is 14.2. The Balaban J connectivity index is 1.73. The van der Waals surface area contributed by atoms with Gasteiger partial charge in [0.2, 0.25) is 0 Å². The number of nitrogens with one attached hydrogen (secondary N) is 1. The largest absolute Gasteiger partial charge is 0.490 e. The Kier molecular flexibility index (Phi) is 5.48. The lowest BCUT2D eigenvalue weighted by molar-refractivity contribution is 0.241. The highest BCUT2D eigenvalue weighted by atomic mass is 32.1. The average molecular weight is 345 g/mol. The summed E-state index contributed by atoms with van der Waals surface area (Å²) in [6.07, 6.45) is 2.86. The van der Waals surface area contributed by atoms with E-state index in [4.69, 9.17) is 21.7 Å². The van der Waals surface area contributed by atoms with E-state index >= 15 is 0 Å². The Morgan fingerprint density at radius 1 is 1.21 bits per heavy atom. The zero-order valence-corrected chi connectivity index (χ0v) is 15.0. The zero-order chi connectivity index (χ0) is 16.9. The average Bonchev–Trinajstić information content (AvgIpc) is 2.58. The summed E-state index contributed by atoms with van der Waals surface area (Å²) in [5.74, 6) is 1.63. The van der Waals surface area contributed by atoms with Crippen LogP contribution in [0.2, 0.25) is 0 Å². The first-order valence-corrected chi connectivity index (χ1v) is 8.78. The number of H-pyrrole nitrogens is 1. The molecule has 0 spiro atoms. The van der Waals surface area contributed by atoms with E-state index in [0.717, 1.165) is 37.6 Å². The molecule has 1 aromatic heterocycles. The van der Waals surface area contributed by atoms with E-state index in [1.165, 1.54) is 16.8 Å². The molecule has 24 heavy (non-hydrogen) atoms. The van der Waals surface area contributed by atoms with Gasteiger partial charge in [0.1, 0.15) is 0 Å². The maximum Gasteiger partial charge on any atom is 0.196 e. The number of fused-ring (bicyclic) bond motifs is 1. The molecule has 0 radical (unpaired) electrons. The molecule has 0 saturated heterocycles. The van der Waals surface area contributed by atoms with Crippen molar-refractivity contribution < 1.29 is 9.47 Å². The lowest BCUT2D eigenvalue weighted by Gasteiger charge is -2.28. The van der Waals surface area contributed by atoms with Gasteiger partial charge in [0, 0.05) is 43.5 Å². The standard InChI is InChI=1S/C18H23N3O2S/c1-3-22-16-6-5-13(9-17(16)23-4-2)11-21-8-7-15-14(12-21)10-19-18(24)20-15/h5-6,9-10H,3-4,7-8,11-12H2,1-2H3,(H,19,20,24). The zero-order valence-electron chi connectivity index (χ0n) is 14.2. The lowest BCUT2D eigenvalue weighted by atomic mass is 10.1. The molecule has 1 aliphatic heterocycles. The van der Waals surface area contributed by atoms with Gasteiger partial charge in [-0.15, -0.1) is 0 Å². The van der Waals surface area contributed by atoms with Crippen LogP contribution in [0.15, 0.2) is 24.4 Å². The number of rotatable bonds is 6. The van der Waals surface area contributed by atoms with Crippen molar-refractivity contribution in [1.82, 2.24) is 14.9 Å². The first-order chi connectivity index (χ1) is 11.7. The van der Waals surface area contributed by atoms with Gasteiger partial charge in [0.05, 0.1) is 13.2 Å². The van der Waals surface area contributed by atoms with Crippen molar-refractivity contribution in [2.24, 2.45) is 0 Å². The molecule has 0 amide bonds. The molecule has 3 rings (SSSR count). The van der Waals surface area contributed by atoms with Crippen LogP contribution in [-0.2, 0) is 19.5 Å². The number of benzene rings is 1. The number of hydrogen-bond acceptors (Lipinski definition) is 5. The van der Waals surface area contributed by atoms with Crippen molar-refractivity contribution in [2.45, 2.75) is 33.4 Å². The van der Waals surface area contributed by atoms with Crippen molar-refractivity contribution in [2.75, 3.05) is 19.8 Å². The second-order valence-corrected chi connectivity index (χ2v) is 6.19. The predicted molar refractivity (Wildman–Crippen MR) is 96.0 cm³/mol. The minimum atomic E-state index is 0.565. The Morgan fingerprint density at radius 3 is 2.79 bits per heavy atom. The van der Waals surface area contributed by atoms with Crippen LogP contribution in [0, 0.1) is 4.77 Å². The monoisotopic (exact) mass is 345 g/mol. The Labute approximate surface area is 147 Å².